The van der Waals surface area contributed by atoms with E-state index in [4.69, 9.17) is 10.2 Å². The normalized spacial score (nSPS) is 12.2. The van der Waals surface area contributed by atoms with Crippen molar-refractivity contribution in [1.29, 1.82) is 0 Å². The first-order valence-electron chi connectivity index (χ1n) is 6.32. The van der Waals surface area contributed by atoms with Gasteiger partial charge in [0.25, 0.3) is 0 Å². The minimum atomic E-state index is 0. The molecule has 4 rings (SSSR count). The number of halogens is 2. The summed E-state index contributed by atoms with van der Waals surface area (Å²) in [5.74, 6) is 0.514. The van der Waals surface area contributed by atoms with Crippen LogP contribution in [0.1, 0.15) is 5.56 Å². The van der Waals surface area contributed by atoms with E-state index < -0.39 is 0 Å². The molecule has 4 nitrogen and oxygen atoms in total. The van der Waals surface area contributed by atoms with Gasteiger partial charge in [-0.05, 0) is 35.7 Å². The third kappa shape index (κ3) is 2.41. The average molecular weight is 324 g/mol. The van der Waals surface area contributed by atoms with Crippen LogP contribution in [0.4, 0.5) is 11.5 Å². The number of rotatable bonds is 1. The second kappa shape index (κ2) is 5.84. The molecule has 3 N–H and O–H groups in total. The van der Waals surface area contributed by atoms with Crippen LogP contribution < -0.4 is 11.1 Å². The molecule has 0 fully saturated rings. The van der Waals surface area contributed by atoms with E-state index in [2.05, 4.69) is 28.5 Å². The SMILES string of the molecule is Cl.Cl.Nc1nccc2occ(-c3ccc4c(c3)CCN4)c12. The van der Waals surface area contributed by atoms with Crippen LogP contribution in [0.5, 0.6) is 0 Å². The second-order valence-corrected chi connectivity index (χ2v) is 4.77. The highest BCUT2D eigenvalue weighted by molar-refractivity contribution is 6.00. The largest absolute Gasteiger partial charge is 0.463 e. The van der Waals surface area contributed by atoms with Crippen molar-refractivity contribution in [2.45, 2.75) is 6.42 Å². The molecule has 2 aromatic heterocycles. The van der Waals surface area contributed by atoms with Crippen LogP contribution in [0.15, 0.2) is 41.1 Å². The minimum Gasteiger partial charge on any atom is -0.463 e. The molecular formula is C15H15Cl2N3O. The topological polar surface area (TPSA) is 64.1 Å². The van der Waals surface area contributed by atoms with Crippen molar-refractivity contribution in [3.63, 3.8) is 0 Å². The van der Waals surface area contributed by atoms with Crippen molar-refractivity contribution >= 4 is 47.3 Å². The van der Waals surface area contributed by atoms with E-state index in [-0.39, 0.29) is 24.8 Å². The number of anilines is 2. The van der Waals surface area contributed by atoms with Crippen LogP contribution in [-0.4, -0.2) is 11.5 Å². The molecule has 21 heavy (non-hydrogen) atoms. The van der Waals surface area contributed by atoms with Gasteiger partial charge in [-0.2, -0.15) is 0 Å². The molecule has 1 aromatic carbocycles. The number of nitrogens with zero attached hydrogens (tertiary/aromatic N) is 1. The van der Waals surface area contributed by atoms with Crippen LogP contribution in [0.2, 0.25) is 0 Å². The summed E-state index contributed by atoms with van der Waals surface area (Å²) in [6, 6.07) is 8.24. The number of hydrogen-bond donors (Lipinski definition) is 2. The Labute approximate surface area is 134 Å². The first-order valence-corrected chi connectivity index (χ1v) is 6.32. The first kappa shape index (κ1) is 15.5. The monoisotopic (exact) mass is 323 g/mol. The van der Waals surface area contributed by atoms with Crippen LogP contribution in [0, 0.1) is 0 Å². The number of fused-ring (bicyclic) bond motifs is 2. The maximum Gasteiger partial charge on any atom is 0.139 e. The van der Waals surface area contributed by atoms with Crippen LogP contribution in [-0.2, 0) is 6.42 Å². The summed E-state index contributed by atoms with van der Waals surface area (Å²) < 4.78 is 5.57. The quantitative estimate of drug-likeness (QED) is 0.713. The van der Waals surface area contributed by atoms with Crippen LogP contribution >= 0.6 is 24.8 Å². The predicted molar refractivity (Wildman–Crippen MR) is 90.5 cm³/mol. The molecule has 3 heterocycles. The third-order valence-electron chi connectivity index (χ3n) is 3.64. The first-order chi connectivity index (χ1) is 9.33. The van der Waals surface area contributed by atoms with E-state index in [1.807, 2.05) is 6.07 Å². The zero-order chi connectivity index (χ0) is 12.8. The van der Waals surface area contributed by atoms with E-state index in [9.17, 15) is 0 Å². The highest BCUT2D eigenvalue weighted by Crippen LogP contribution is 2.35. The number of benzene rings is 1. The Morgan fingerprint density at radius 2 is 2.05 bits per heavy atom. The van der Waals surface area contributed by atoms with Gasteiger partial charge in [0, 0.05) is 24.0 Å². The fraction of sp³-hybridized carbons (Fsp3) is 0.133. The van der Waals surface area contributed by atoms with Gasteiger partial charge in [-0.1, -0.05) is 6.07 Å². The van der Waals surface area contributed by atoms with Gasteiger partial charge in [0.05, 0.1) is 11.6 Å². The Bertz CT molecular complexity index is 786. The molecule has 0 atom stereocenters. The molecule has 0 radical (unpaired) electrons. The van der Waals surface area contributed by atoms with Gasteiger partial charge < -0.3 is 15.5 Å². The van der Waals surface area contributed by atoms with Gasteiger partial charge in [-0.3, -0.25) is 0 Å². The highest BCUT2D eigenvalue weighted by Gasteiger charge is 2.15. The lowest BCUT2D eigenvalue weighted by Crippen LogP contribution is -1.90. The van der Waals surface area contributed by atoms with Crippen molar-refractivity contribution in [3.05, 3.63) is 42.3 Å². The Balaban J connectivity index is 0.000000807. The molecule has 3 aromatic rings. The summed E-state index contributed by atoms with van der Waals surface area (Å²) in [4.78, 5) is 4.14. The second-order valence-electron chi connectivity index (χ2n) is 4.77. The Hall–Kier alpha value is -1.91. The Kier molecular flexibility index (Phi) is 4.30. The summed E-state index contributed by atoms with van der Waals surface area (Å²) in [6.07, 6.45) is 4.48. The molecule has 0 saturated heterocycles. The van der Waals surface area contributed by atoms with E-state index in [0.717, 1.165) is 35.1 Å². The van der Waals surface area contributed by atoms with Gasteiger partial charge in [0.2, 0.25) is 0 Å². The van der Waals surface area contributed by atoms with Gasteiger partial charge in [0.15, 0.2) is 0 Å². The van der Waals surface area contributed by atoms with E-state index in [0.29, 0.717) is 5.82 Å². The number of nitrogens with two attached hydrogens (primary N) is 1. The smallest absolute Gasteiger partial charge is 0.139 e. The Morgan fingerprint density at radius 3 is 2.90 bits per heavy atom. The summed E-state index contributed by atoms with van der Waals surface area (Å²) in [7, 11) is 0. The number of nitrogens with one attached hydrogen (secondary N) is 1. The molecule has 0 unspecified atom stereocenters. The van der Waals surface area contributed by atoms with Gasteiger partial charge >= 0.3 is 0 Å². The van der Waals surface area contributed by atoms with E-state index in [1.165, 1.54) is 11.3 Å². The number of furan rings is 1. The van der Waals surface area contributed by atoms with Crippen LogP contribution in [0.3, 0.4) is 0 Å². The predicted octanol–water partition coefficient (Wildman–Crippen LogP) is 3.89. The summed E-state index contributed by atoms with van der Waals surface area (Å²) in [5, 5.41) is 4.26. The molecular weight excluding hydrogens is 309 g/mol. The zero-order valence-electron chi connectivity index (χ0n) is 11.1. The molecule has 0 spiro atoms. The lowest BCUT2D eigenvalue weighted by molar-refractivity contribution is 0.616. The molecule has 110 valence electrons. The van der Waals surface area contributed by atoms with Crippen molar-refractivity contribution < 1.29 is 4.42 Å². The van der Waals surface area contributed by atoms with E-state index in [1.54, 1.807) is 12.5 Å². The van der Waals surface area contributed by atoms with Crippen LogP contribution in [0.25, 0.3) is 22.1 Å². The standard InChI is InChI=1S/C15H13N3O.2ClH/c16-15-14-11(8-19-13(14)4-6-18-15)9-1-2-12-10(7-9)3-5-17-12;;/h1-2,4,6-8,17H,3,5H2,(H2,16,18);2*1H. The summed E-state index contributed by atoms with van der Waals surface area (Å²) in [5.41, 5.74) is 11.4. The number of nitrogen functional groups attached to an aromatic ring is 1. The zero-order valence-corrected chi connectivity index (χ0v) is 12.8. The lowest BCUT2D eigenvalue weighted by Gasteiger charge is -2.04. The van der Waals surface area contributed by atoms with Gasteiger partial charge in [0.1, 0.15) is 11.4 Å². The average Bonchev–Trinajstić information content (AvgIpc) is 3.04. The summed E-state index contributed by atoms with van der Waals surface area (Å²) in [6.45, 7) is 1.01. The minimum absolute atomic E-state index is 0. The fourth-order valence-corrected chi connectivity index (χ4v) is 2.69. The van der Waals surface area contributed by atoms with Gasteiger partial charge in [-0.15, -0.1) is 24.8 Å². The molecule has 0 saturated carbocycles. The molecule has 0 amide bonds. The maximum atomic E-state index is 5.97. The van der Waals surface area contributed by atoms with Crippen molar-refractivity contribution in [2.75, 3.05) is 17.6 Å². The molecule has 0 bridgehead atoms. The highest BCUT2D eigenvalue weighted by atomic mass is 35.5. The molecule has 1 aliphatic heterocycles. The molecule has 1 aliphatic rings. The number of aromatic nitrogens is 1. The third-order valence-corrected chi connectivity index (χ3v) is 3.64. The van der Waals surface area contributed by atoms with Crippen molar-refractivity contribution in [2.24, 2.45) is 0 Å². The fourth-order valence-electron chi connectivity index (χ4n) is 2.69. The van der Waals surface area contributed by atoms with Crippen molar-refractivity contribution in [3.8, 4) is 11.1 Å². The maximum absolute atomic E-state index is 5.97. The Morgan fingerprint density at radius 1 is 1.19 bits per heavy atom. The van der Waals surface area contributed by atoms with Crippen molar-refractivity contribution in [1.82, 2.24) is 4.98 Å². The van der Waals surface area contributed by atoms with E-state index >= 15 is 0 Å². The number of pyridine rings is 1. The molecule has 0 aliphatic carbocycles. The number of hydrogen-bond acceptors (Lipinski definition) is 4. The molecule has 6 heteroatoms. The van der Waals surface area contributed by atoms with Gasteiger partial charge in [-0.25, -0.2) is 4.98 Å². The summed E-state index contributed by atoms with van der Waals surface area (Å²) >= 11 is 0. The lowest BCUT2D eigenvalue weighted by atomic mass is 10.0.